The van der Waals surface area contributed by atoms with Crippen molar-refractivity contribution in [1.82, 2.24) is 8.97 Å². The Morgan fingerprint density at radius 3 is 1.83 bits per heavy atom. The number of benzene rings is 8. The Hall–Kier alpha value is -6.38. The molecule has 2 heteroatoms. The largest absolute Gasteiger partial charge is 0.309 e. The van der Waals surface area contributed by atoms with E-state index in [1.807, 2.05) is 0 Å². The lowest BCUT2D eigenvalue weighted by atomic mass is 9.96. The molecular formula is C46H28N2. The molecule has 0 aliphatic heterocycles. The van der Waals surface area contributed by atoms with Crippen LogP contribution in [0, 0.1) is 0 Å². The van der Waals surface area contributed by atoms with Gasteiger partial charge in [0.1, 0.15) is 0 Å². The Morgan fingerprint density at radius 1 is 0.333 bits per heavy atom. The van der Waals surface area contributed by atoms with Crippen LogP contribution in [0.5, 0.6) is 0 Å². The van der Waals surface area contributed by atoms with Crippen molar-refractivity contribution < 1.29 is 0 Å². The monoisotopic (exact) mass is 608 g/mol. The van der Waals surface area contributed by atoms with Crippen LogP contribution in [0.15, 0.2) is 170 Å². The smallest absolute Gasteiger partial charge is 0.0626 e. The second-order valence-corrected chi connectivity index (χ2v) is 12.9. The molecule has 0 saturated heterocycles. The van der Waals surface area contributed by atoms with Crippen LogP contribution in [0.25, 0.3) is 98.6 Å². The number of hydrogen-bond acceptors (Lipinski definition) is 0. The second kappa shape index (κ2) is 9.57. The highest BCUT2D eigenvalue weighted by Crippen LogP contribution is 2.45. The summed E-state index contributed by atoms with van der Waals surface area (Å²) in [5.41, 5.74) is 12.3. The Balaban J connectivity index is 1.17. The molecule has 0 aliphatic carbocycles. The molecule has 3 aromatic heterocycles. The predicted octanol–water partition coefficient (Wildman–Crippen LogP) is 12.4. The molecule has 0 N–H and O–H groups in total. The zero-order valence-electron chi connectivity index (χ0n) is 26.1. The van der Waals surface area contributed by atoms with E-state index in [1.54, 1.807) is 0 Å². The van der Waals surface area contributed by atoms with Gasteiger partial charge in [-0.25, -0.2) is 0 Å². The molecule has 2 nitrogen and oxygen atoms in total. The average molecular weight is 609 g/mol. The molecule has 11 aromatic rings. The Morgan fingerprint density at radius 2 is 0.979 bits per heavy atom. The minimum absolute atomic E-state index is 1.17. The van der Waals surface area contributed by atoms with Gasteiger partial charge in [-0.3, -0.25) is 0 Å². The fraction of sp³-hybridized carbons (Fsp3) is 0. The van der Waals surface area contributed by atoms with Crippen LogP contribution in [0.2, 0.25) is 0 Å². The lowest BCUT2D eigenvalue weighted by Gasteiger charge is -2.12. The summed E-state index contributed by atoms with van der Waals surface area (Å²) in [6.45, 7) is 0. The maximum Gasteiger partial charge on any atom is 0.0626 e. The van der Waals surface area contributed by atoms with Crippen molar-refractivity contribution in [3.8, 4) is 27.9 Å². The summed E-state index contributed by atoms with van der Waals surface area (Å²) < 4.78 is 4.91. The Kier molecular flexibility index (Phi) is 5.14. The van der Waals surface area contributed by atoms with Crippen molar-refractivity contribution in [1.29, 1.82) is 0 Å². The summed E-state index contributed by atoms with van der Waals surface area (Å²) in [4.78, 5) is 0. The molecule has 0 aliphatic rings. The number of nitrogens with zero attached hydrogens (tertiary/aromatic N) is 2. The van der Waals surface area contributed by atoms with Crippen LogP contribution < -0.4 is 0 Å². The number of aromatic nitrogens is 2. The van der Waals surface area contributed by atoms with Crippen LogP contribution in [-0.2, 0) is 0 Å². The number of fused-ring (bicyclic) bond motifs is 9. The molecule has 11 rings (SSSR count). The lowest BCUT2D eigenvalue weighted by molar-refractivity contribution is 1.18. The summed E-state index contributed by atoms with van der Waals surface area (Å²) in [7, 11) is 0. The standard InChI is InChI=1S/C46H28N2/c1-2-10-29(11-3-1)30-20-24-33(25-21-30)47-40-17-6-5-14-36(40)39-28-32(23-27-42(39)47)34-15-9-19-43-45(34)38-26-22-31-12-8-16-37-35-13-4-7-18-41(35)48(43)46(38)44(31)37/h1-28H. The molecule has 0 saturated carbocycles. The summed E-state index contributed by atoms with van der Waals surface area (Å²) in [5, 5.41) is 10.4. The van der Waals surface area contributed by atoms with Gasteiger partial charge in [-0.15, -0.1) is 0 Å². The van der Waals surface area contributed by atoms with Crippen molar-refractivity contribution >= 4 is 70.7 Å². The molecule has 222 valence electrons. The molecule has 3 heterocycles. The summed E-state index contributed by atoms with van der Waals surface area (Å²) >= 11 is 0. The van der Waals surface area contributed by atoms with Gasteiger partial charge in [0.05, 0.1) is 27.6 Å². The van der Waals surface area contributed by atoms with Gasteiger partial charge in [0.15, 0.2) is 0 Å². The van der Waals surface area contributed by atoms with E-state index in [9.17, 15) is 0 Å². The van der Waals surface area contributed by atoms with Gasteiger partial charge >= 0.3 is 0 Å². The maximum atomic E-state index is 2.50. The zero-order chi connectivity index (χ0) is 31.3. The first-order valence-electron chi connectivity index (χ1n) is 16.6. The molecule has 0 amide bonds. The molecule has 0 unspecified atom stereocenters. The number of para-hydroxylation sites is 2. The Labute approximate surface area is 276 Å². The SMILES string of the molecule is c1ccc(-c2ccc(-n3c4ccccc4c4cc(-c5cccc6c5c5ccc7cccc8c9ccccc9n6c5c78)ccc43)cc2)cc1. The topological polar surface area (TPSA) is 9.34 Å². The normalized spacial score (nSPS) is 12.2. The van der Waals surface area contributed by atoms with Crippen molar-refractivity contribution in [2.75, 3.05) is 0 Å². The van der Waals surface area contributed by atoms with E-state index in [-0.39, 0.29) is 0 Å². The average Bonchev–Trinajstić information content (AvgIpc) is 3.68. The van der Waals surface area contributed by atoms with E-state index >= 15 is 0 Å². The number of hydrogen-bond donors (Lipinski definition) is 0. The summed E-state index contributed by atoms with van der Waals surface area (Å²) in [5.74, 6) is 0. The molecule has 0 radical (unpaired) electrons. The van der Waals surface area contributed by atoms with E-state index < -0.39 is 0 Å². The van der Waals surface area contributed by atoms with E-state index in [4.69, 9.17) is 0 Å². The molecule has 0 atom stereocenters. The number of pyridine rings is 1. The van der Waals surface area contributed by atoms with Gasteiger partial charge in [-0.2, -0.15) is 0 Å². The lowest BCUT2D eigenvalue weighted by Crippen LogP contribution is -1.93. The highest BCUT2D eigenvalue weighted by atomic mass is 15.0. The third-order valence-electron chi connectivity index (χ3n) is 10.4. The van der Waals surface area contributed by atoms with Crippen LogP contribution in [0.3, 0.4) is 0 Å². The zero-order valence-corrected chi connectivity index (χ0v) is 26.1. The Bertz CT molecular complexity index is 3020. The third kappa shape index (κ3) is 3.41. The minimum atomic E-state index is 1.17. The molecule has 0 bridgehead atoms. The van der Waals surface area contributed by atoms with Crippen molar-refractivity contribution in [2.45, 2.75) is 0 Å². The minimum Gasteiger partial charge on any atom is -0.309 e. The fourth-order valence-corrected chi connectivity index (χ4v) is 8.39. The van der Waals surface area contributed by atoms with Crippen LogP contribution in [0.4, 0.5) is 0 Å². The highest BCUT2D eigenvalue weighted by Gasteiger charge is 2.21. The van der Waals surface area contributed by atoms with Gasteiger partial charge in [0, 0.05) is 38.0 Å². The third-order valence-corrected chi connectivity index (χ3v) is 10.4. The summed E-state index contributed by atoms with van der Waals surface area (Å²) in [6, 6.07) is 62.4. The first kappa shape index (κ1) is 25.8. The first-order chi connectivity index (χ1) is 23.8. The van der Waals surface area contributed by atoms with E-state index in [0.29, 0.717) is 0 Å². The van der Waals surface area contributed by atoms with E-state index in [1.165, 1.54) is 98.6 Å². The molecule has 8 aromatic carbocycles. The maximum absolute atomic E-state index is 2.50. The van der Waals surface area contributed by atoms with Gasteiger partial charge in [0.2, 0.25) is 0 Å². The predicted molar refractivity (Wildman–Crippen MR) is 204 cm³/mol. The fourth-order valence-electron chi connectivity index (χ4n) is 8.39. The van der Waals surface area contributed by atoms with Crippen molar-refractivity contribution in [2.24, 2.45) is 0 Å². The molecule has 0 spiro atoms. The van der Waals surface area contributed by atoms with Crippen molar-refractivity contribution in [3.63, 3.8) is 0 Å². The highest BCUT2D eigenvalue weighted by molar-refractivity contribution is 6.30. The molecular weight excluding hydrogens is 581 g/mol. The van der Waals surface area contributed by atoms with Crippen LogP contribution in [0.1, 0.15) is 0 Å². The molecule has 48 heavy (non-hydrogen) atoms. The van der Waals surface area contributed by atoms with E-state index in [2.05, 4.69) is 179 Å². The van der Waals surface area contributed by atoms with Gasteiger partial charge in [0.25, 0.3) is 0 Å². The van der Waals surface area contributed by atoms with E-state index in [0.717, 1.165) is 0 Å². The van der Waals surface area contributed by atoms with Gasteiger partial charge < -0.3 is 8.97 Å². The molecule has 0 fully saturated rings. The van der Waals surface area contributed by atoms with Crippen LogP contribution >= 0.6 is 0 Å². The van der Waals surface area contributed by atoms with Crippen molar-refractivity contribution in [3.05, 3.63) is 170 Å². The van der Waals surface area contributed by atoms with Gasteiger partial charge in [-0.05, 0) is 75.5 Å². The van der Waals surface area contributed by atoms with Crippen LogP contribution in [-0.4, -0.2) is 8.97 Å². The summed E-state index contributed by atoms with van der Waals surface area (Å²) in [6.07, 6.45) is 0. The first-order valence-corrected chi connectivity index (χ1v) is 16.6. The second-order valence-electron chi connectivity index (χ2n) is 12.9. The quantitative estimate of drug-likeness (QED) is 0.139. The number of rotatable bonds is 3. The van der Waals surface area contributed by atoms with Gasteiger partial charge in [-0.1, -0.05) is 127 Å².